The summed E-state index contributed by atoms with van der Waals surface area (Å²) < 4.78 is 0. The van der Waals surface area contributed by atoms with E-state index in [1.807, 2.05) is 32.3 Å². The maximum atomic E-state index is 12.0. The summed E-state index contributed by atoms with van der Waals surface area (Å²) >= 11 is 0. The molecule has 1 amide bonds. The third-order valence-electron chi connectivity index (χ3n) is 6.15. The molecule has 148 valence electrons. The fourth-order valence-electron chi connectivity index (χ4n) is 4.67. The number of pyridine rings is 1. The van der Waals surface area contributed by atoms with Gasteiger partial charge in [-0.2, -0.15) is 0 Å². The summed E-state index contributed by atoms with van der Waals surface area (Å²) in [6, 6.07) is 10.1. The molecule has 0 spiro atoms. The van der Waals surface area contributed by atoms with Gasteiger partial charge in [-0.25, -0.2) is 9.97 Å². The van der Waals surface area contributed by atoms with E-state index in [1.54, 1.807) is 6.20 Å². The summed E-state index contributed by atoms with van der Waals surface area (Å²) in [5.74, 6) is 0.889. The maximum absolute atomic E-state index is 12.0. The molecule has 5 rings (SSSR count). The van der Waals surface area contributed by atoms with Crippen LogP contribution in [0, 0.1) is 17.8 Å². The monoisotopic (exact) mass is 388 g/mol. The number of primary amides is 1. The molecule has 2 bridgehead atoms. The van der Waals surface area contributed by atoms with Gasteiger partial charge < -0.3 is 20.9 Å². The maximum Gasteiger partial charge on any atom is 0.223 e. The molecule has 1 saturated carbocycles. The number of imidazole rings is 1. The predicted molar refractivity (Wildman–Crippen MR) is 114 cm³/mol. The summed E-state index contributed by atoms with van der Waals surface area (Å²) in [6.45, 7) is 0. The number of allylic oxidation sites excluding steroid dienone is 1. The van der Waals surface area contributed by atoms with Crippen LogP contribution in [0.1, 0.15) is 6.42 Å². The highest BCUT2D eigenvalue weighted by Crippen LogP contribution is 2.45. The first kappa shape index (κ1) is 17.7. The SMILES string of the molecule is CN(C)c1ccc(-c2nc3c(NC4C5C=CC(C5)C4C(N)=O)ccnc3[nH]2)cc1. The summed E-state index contributed by atoms with van der Waals surface area (Å²) in [4.78, 5) is 26.6. The fraction of sp³-hybridized carbons (Fsp3) is 0.318. The van der Waals surface area contributed by atoms with Crippen LogP contribution < -0.4 is 16.0 Å². The Balaban J connectivity index is 1.48. The quantitative estimate of drug-likeness (QED) is 0.584. The number of nitrogens with two attached hydrogens (primary N) is 1. The van der Waals surface area contributed by atoms with Gasteiger partial charge in [-0.1, -0.05) is 12.2 Å². The zero-order valence-corrected chi connectivity index (χ0v) is 16.5. The number of nitrogens with zero attached hydrogens (tertiary/aromatic N) is 3. The Labute approximate surface area is 169 Å². The van der Waals surface area contributed by atoms with E-state index in [0.29, 0.717) is 5.92 Å². The number of hydrogen-bond acceptors (Lipinski definition) is 5. The Morgan fingerprint density at radius 1 is 1.17 bits per heavy atom. The molecule has 7 heteroatoms. The molecule has 0 aliphatic heterocycles. The van der Waals surface area contributed by atoms with E-state index in [1.165, 1.54) is 0 Å². The highest BCUT2D eigenvalue weighted by molar-refractivity contribution is 5.88. The molecule has 2 aromatic heterocycles. The third kappa shape index (κ3) is 2.93. The van der Waals surface area contributed by atoms with E-state index >= 15 is 0 Å². The Kier molecular flexibility index (Phi) is 4.04. The molecule has 2 aliphatic rings. The Hall–Kier alpha value is -3.35. The van der Waals surface area contributed by atoms with Gasteiger partial charge in [0.15, 0.2) is 5.65 Å². The molecule has 1 fully saturated rings. The van der Waals surface area contributed by atoms with E-state index in [0.717, 1.165) is 40.3 Å². The average Bonchev–Trinajstić information content (AvgIpc) is 3.42. The first-order valence-electron chi connectivity index (χ1n) is 9.88. The first-order valence-corrected chi connectivity index (χ1v) is 9.88. The van der Waals surface area contributed by atoms with Gasteiger partial charge in [0.05, 0.1) is 11.6 Å². The minimum Gasteiger partial charge on any atom is -0.379 e. The van der Waals surface area contributed by atoms with Crippen molar-refractivity contribution >= 4 is 28.4 Å². The fourth-order valence-corrected chi connectivity index (χ4v) is 4.67. The van der Waals surface area contributed by atoms with E-state index < -0.39 is 0 Å². The lowest BCUT2D eigenvalue weighted by molar-refractivity contribution is -0.122. The van der Waals surface area contributed by atoms with E-state index in [9.17, 15) is 4.79 Å². The molecule has 1 aromatic carbocycles. The summed E-state index contributed by atoms with van der Waals surface area (Å²) in [5, 5.41) is 3.55. The number of anilines is 2. The van der Waals surface area contributed by atoms with Gasteiger partial charge in [0.25, 0.3) is 0 Å². The predicted octanol–water partition coefficient (Wildman–Crippen LogP) is 2.78. The van der Waals surface area contributed by atoms with Gasteiger partial charge in [0, 0.05) is 37.6 Å². The Morgan fingerprint density at radius 3 is 2.66 bits per heavy atom. The summed E-state index contributed by atoms with van der Waals surface area (Å²) in [6.07, 6.45) is 7.06. The number of fused-ring (bicyclic) bond motifs is 3. The lowest BCUT2D eigenvalue weighted by Gasteiger charge is -2.27. The second kappa shape index (κ2) is 6.62. The molecule has 29 heavy (non-hydrogen) atoms. The first-order chi connectivity index (χ1) is 14.0. The molecule has 4 unspecified atom stereocenters. The van der Waals surface area contributed by atoms with E-state index in [2.05, 4.69) is 44.5 Å². The topological polar surface area (TPSA) is 99.9 Å². The smallest absolute Gasteiger partial charge is 0.223 e. The minimum atomic E-state index is -0.242. The third-order valence-corrected chi connectivity index (χ3v) is 6.15. The van der Waals surface area contributed by atoms with E-state index in [4.69, 9.17) is 10.7 Å². The van der Waals surface area contributed by atoms with Crippen LogP contribution in [0.25, 0.3) is 22.6 Å². The molecule has 4 atom stereocenters. The van der Waals surface area contributed by atoms with Crippen molar-refractivity contribution in [2.24, 2.45) is 23.5 Å². The van der Waals surface area contributed by atoms with Crippen LogP contribution in [0.3, 0.4) is 0 Å². The van der Waals surface area contributed by atoms with Gasteiger partial charge in [-0.05, 0) is 48.6 Å². The molecule has 3 aromatic rings. The zero-order valence-electron chi connectivity index (χ0n) is 16.5. The van der Waals surface area contributed by atoms with Crippen molar-refractivity contribution in [2.45, 2.75) is 12.5 Å². The number of aromatic nitrogens is 3. The van der Waals surface area contributed by atoms with Crippen LogP contribution in [0.5, 0.6) is 0 Å². The molecule has 2 heterocycles. The highest BCUT2D eigenvalue weighted by Gasteiger charge is 2.47. The minimum absolute atomic E-state index is 0.00683. The molecule has 7 nitrogen and oxygen atoms in total. The van der Waals surface area contributed by atoms with Crippen molar-refractivity contribution in [1.82, 2.24) is 15.0 Å². The van der Waals surface area contributed by atoms with Crippen LogP contribution in [0.4, 0.5) is 11.4 Å². The van der Waals surface area contributed by atoms with Crippen molar-refractivity contribution in [3.8, 4) is 11.4 Å². The number of nitrogens with one attached hydrogen (secondary N) is 2. The number of carbonyl (C=O) groups excluding carboxylic acids is 1. The number of H-pyrrole nitrogens is 1. The van der Waals surface area contributed by atoms with Crippen molar-refractivity contribution in [1.29, 1.82) is 0 Å². The second-order valence-corrected chi connectivity index (χ2v) is 8.13. The van der Waals surface area contributed by atoms with Crippen molar-refractivity contribution < 1.29 is 4.79 Å². The average molecular weight is 388 g/mol. The summed E-state index contributed by atoms with van der Waals surface area (Å²) in [7, 11) is 4.03. The standard InChI is InChI=1S/C22H24N6O/c1-28(2)15-7-5-12(6-8-15)21-26-19-16(9-10-24-22(19)27-21)25-18-14-4-3-13(11-14)17(18)20(23)29/h3-10,13-14,17-18H,11H2,1-2H3,(H2,23,29)(H2,24,25,26,27). The Morgan fingerprint density at radius 2 is 1.93 bits per heavy atom. The van der Waals surface area contributed by atoms with Crippen LogP contribution in [-0.2, 0) is 4.79 Å². The highest BCUT2D eigenvalue weighted by atomic mass is 16.1. The van der Waals surface area contributed by atoms with Gasteiger partial charge in [0.1, 0.15) is 11.3 Å². The van der Waals surface area contributed by atoms with Gasteiger partial charge in [-0.3, -0.25) is 4.79 Å². The van der Waals surface area contributed by atoms with Gasteiger partial charge >= 0.3 is 0 Å². The van der Waals surface area contributed by atoms with E-state index in [-0.39, 0.29) is 23.8 Å². The molecule has 0 radical (unpaired) electrons. The number of benzene rings is 1. The molecule has 2 aliphatic carbocycles. The van der Waals surface area contributed by atoms with Crippen LogP contribution >= 0.6 is 0 Å². The summed E-state index contributed by atoms with van der Waals surface area (Å²) in [5.41, 5.74) is 10.2. The zero-order chi connectivity index (χ0) is 20.1. The number of aromatic amines is 1. The Bertz CT molecular complexity index is 1100. The largest absolute Gasteiger partial charge is 0.379 e. The van der Waals surface area contributed by atoms with Crippen molar-refractivity contribution in [3.05, 3.63) is 48.7 Å². The van der Waals surface area contributed by atoms with Crippen molar-refractivity contribution in [3.63, 3.8) is 0 Å². The van der Waals surface area contributed by atoms with Gasteiger partial charge in [0.2, 0.25) is 5.91 Å². The number of hydrogen-bond donors (Lipinski definition) is 3. The lowest BCUT2D eigenvalue weighted by atomic mass is 9.88. The molecule has 0 saturated heterocycles. The van der Waals surface area contributed by atoms with Crippen LogP contribution in [0.2, 0.25) is 0 Å². The molecular weight excluding hydrogens is 364 g/mol. The number of carbonyl (C=O) groups is 1. The lowest BCUT2D eigenvalue weighted by Crippen LogP contribution is -2.41. The number of amides is 1. The van der Waals surface area contributed by atoms with Crippen LogP contribution in [-0.4, -0.2) is 41.0 Å². The van der Waals surface area contributed by atoms with Crippen LogP contribution in [0.15, 0.2) is 48.7 Å². The molecular formula is C22H24N6O. The molecule has 4 N–H and O–H groups in total. The second-order valence-electron chi connectivity index (χ2n) is 8.13. The number of rotatable bonds is 5. The van der Waals surface area contributed by atoms with Crippen molar-refractivity contribution in [2.75, 3.05) is 24.3 Å². The van der Waals surface area contributed by atoms with Gasteiger partial charge in [-0.15, -0.1) is 0 Å². The normalized spacial score (nSPS) is 24.9.